The molecule has 1 fully saturated rings. The van der Waals surface area contributed by atoms with Gasteiger partial charge in [0.25, 0.3) is 5.89 Å². The summed E-state index contributed by atoms with van der Waals surface area (Å²) in [5.74, 6) is 0.805. The Bertz CT molecular complexity index is 680. The van der Waals surface area contributed by atoms with E-state index in [1.165, 1.54) is 0 Å². The molecule has 0 saturated carbocycles. The number of carbonyl (C=O) groups is 1. The summed E-state index contributed by atoms with van der Waals surface area (Å²) >= 11 is 0. The highest BCUT2D eigenvalue weighted by Gasteiger charge is 2.39. The fourth-order valence-corrected chi connectivity index (χ4v) is 2.81. The molecule has 1 aromatic carbocycles. The number of nitrogens with one attached hydrogen (secondary N) is 1. The van der Waals surface area contributed by atoms with E-state index < -0.39 is 5.41 Å². The Morgan fingerprint density at radius 3 is 2.71 bits per heavy atom. The van der Waals surface area contributed by atoms with Crippen molar-refractivity contribution >= 4 is 5.91 Å². The van der Waals surface area contributed by atoms with Gasteiger partial charge in [-0.05, 0) is 31.9 Å². The minimum absolute atomic E-state index is 0.0770. The first-order chi connectivity index (χ1) is 11.6. The van der Waals surface area contributed by atoms with Gasteiger partial charge in [-0.15, -0.1) is 0 Å². The van der Waals surface area contributed by atoms with Gasteiger partial charge in [0.1, 0.15) is 0 Å². The summed E-state index contributed by atoms with van der Waals surface area (Å²) in [5.41, 5.74) is 6.14. The normalized spacial score (nSPS) is 18.1. The molecule has 7 nitrogen and oxygen atoms in total. The zero-order valence-corrected chi connectivity index (χ0v) is 13.7. The number of rotatable bonds is 5. The maximum absolute atomic E-state index is 12.7. The van der Waals surface area contributed by atoms with Gasteiger partial charge in [0.05, 0.1) is 11.5 Å². The molecule has 0 bridgehead atoms. The summed E-state index contributed by atoms with van der Waals surface area (Å²) in [7, 11) is 0. The maximum atomic E-state index is 12.7. The third-order valence-corrected chi connectivity index (χ3v) is 4.52. The predicted octanol–water partition coefficient (Wildman–Crippen LogP) is 1.67. The van der Waals surface area contributed by atoms with Crippen LogP contribution in [0.2, 0.25) is 0 Å². The van der Waals surface area contributed by atoms with E-state index in [2.05, 4.69) is 15.5 Å². The topological polar surface area (TPSA) is 103 Å². The first-order valence-electron chi connectivity index (χ1n) is 8.12. The molecule has 1 aliphatic heterocycles. The van der Waals surface area contributed by atoms with Crippen LogP contribution in [0.3, 0.4) is 0 Å². The summed E-state index contributed by atoms with van der Waals surface area (Å²) in [6, 6.07) is 9.16. The summed E-state index contributed by atoms with van der Waals surface area (Å²) in [6.45, 7) is 3.25. The number of aromatic nitrogens is 2. The van der Waals surface area contributed by atoms with E-state index in [1.54, 1.807) is 0 Å². The fourth-order valence-electron chi connectivity index (χ4n) is 2.81. The van der Waals surface area contributed by atoms with E-state index in [0.717, 1.165) is 5.56 Å². The van der Waals surface area contributed by atoms with Crippen LogP contribution in [0.5, 0.6) is 0 Å². The van der Waals surface area contributed by atoms with Crippen molar-refractivity contribution in [2.24, 2.45) is 11.1 Å². The Morgan fingerprint density at radius 2 is 2.04 bits per heavy atom. The maximum Gasteiger partial charge on any atom is 0.257 e. The Labute approximate surface area is 140 Å². The van der Waals surface area contributed by atoms with Crippen molar-refractivity contribution in [1.29, 1.82) is 0 Å². The molecule has 1 atom stereocenters. The van der Waals surface area contributed by atoms with Crippen LogP contribution in [0.15, 0.2) is 34.9 Å². The lowest BCUT2D eigenvalue weighted by molar-refractivity contribution is -0.136. The van der Waals surface area contributed by atoms with Crippen molar-refractivity contribution in [2.75, 3.05) is 19.8 Å². The van der Waals surface area contributed by atoms with E-state index >= 15 is 0 Å². The van der Waals surface area contributed by atoms with E-state index in [9.17, 15) is 4.79 Å². The highest BCUT2D eigenvalue weighted by Crippen LogP contribution is 2.30. The molecule has 24 heavy (non-hydrogen) atoms. The van der Waals surface area contributed by atoms with Gasteiger partial charge in [0.2, 0.25) is 5.91 Å². The van der Waals surface area contributed by atoms with Crippen molar-refractivity contribution < 1.29 is 14.1 Å². The van der Waals surface area contributed by atoms with E-state index in [4.69, 9.17) is 15.0 Å². The molecule has 1 unspecified atom stereocenters. The van der Waals surface area contributed by atoms with Gasteiger partial charge in [0, 0.05) is 25.3 Å². The zero-order chi connectivity index (χ0) is 17.0. The van der Waals surface area contributed by atoms with Crippen LogP contribution in [0.1, 0.15) is 31.6 Å². The minimum atomic E-state index is -0.571. The number of nitrogens with two attached hydrogens (primary N) is 1. The van der Waals surface area contributed by atoms with Gasteiger partial charge in [-0.2, -0.15) is 4.98 Å². The molecule has 0 radical (unpaired) electrons. The molecule has 1 saturated heterocycles. The summed E-state index contributed by atoms with van der Waals surface area (Å²) in [4.78, 5) is 17.1. The van der Waals surface area contributed by atoms with Crippen LogP contribution in [0.4, 0.5) is 0 Å². The van der Waals surface area contributed by atoms with Crippen molar-refractivity contribution in [3.8, 4) is 11.5 Å². The molecule has 1 aromatic heterocycles. The molecule has 3 rings (SSSR count). The molecule has 1 amide bonds. The van der Waals surface area contributed by atoms with Crippen LogP contribution in [-0.4, -0.2) is 35.8 Å². The summed E-state index contributed by atoms with van der Waals surface area (Å²) in [5, 5.41) is 6.95. The van der Waals surface area contributed by atoms with Crippen LogP contribution in [0, 0.1) is 5.41 Å². The molecular formula is C17H22N4O3. The molecule has 0 spiro atoms. The van der Waals surface area contributed by atoms with Crippen LogP contribution < -0.4 is 11.1 Å². The van der Waals surface area contributed by atoms with Gasteiger partial charge >= 0.3 is 0 Å². The molecule has 3 N–H and O–H groups in total. The van der Waals surface area contributed by atoms with Gasteiger partial charge in [0.15, 0.2) is 5.82 Å². The SMILES string of the molecule is CC(NC(=O)C1(CN)CCOCC1)c1noc(-c2ccccc2)n1. The molecule has 2 heterocycles. The molecule has 0 aliphatic carbocycles. The number of amides is 1. The quantitative estimate of drug-likeness (QED) is 0.864. The van der Waals surface area contributed by atoms with Crippen molar-refractivity contribution in [3.63, 3.8) is 0 Å². The standard InChI is InChI=1S/C17H22N4O3/c1-12(19-16(22)17(11-18)7-9-23-10-8-17)14-20-15(24-21-14)13-5-3-2-4-6-13/h2-6,12H,7-11,18H2,1H3,(H,19,22). The van der Waals surface area contributed by atoms with E-state index in [1.807, 2.05) is 37.3 Å². The molecule has 7 heteroatoms. The fraction of sp³-hybridized carbons (Fsp3) is 0.471. The van der Waals surface area contributed by atoms with Crippen LogP contribution >= 0.6 is 0 Å². The second-order valence-electron chi connectivity index (χ2n) is 6.12. The number of ether oxygens (including phenoxy) is 1. The van der Waals surface area contributed by atoms with Crippen molar-refractivity contribution in [1.82, 2.24) is 15.5 Å². The highest BCUT2D eigenvalue weighted by atomic mass is 16.5. The van der Waals surface area contributed by atoms with E-state index in [0.29, 0.717) is 44.3 Å². The number of hydrogen-bond acceptors (Lipinski definition) is 6. The molecule has 128 valence electrons. The lowest BCUT2D eigenvalue weighted by Gasteiger charge is -2.35. The summed E-state index contributed by atoms with van der Waals surface area (Å²) < 4.78 is 10.6. The zero-order valence-electron chi connectivity index (χ0n) is 13.7. The van der Waals surface area contributed by atoms with E-state index in [-0.39, 0.29) is 11.9 Å². The minimum Gasteiger partial charge on any atom is -0.381 e. The molecule has 1 aliphatic rings. The second-order valence-corrected chi connectivity index (χ2v) is 6.12. The number of benzene rings is 1. The first-order valence-corrected chi connectivity index (χ1v) is 8.12. The smallest absolute Gasteiger partial charge is 0.257 e. The lowest BCUT2D eigenvalue weighted by Crippen LogP contribution is -2.49. The molecule has 2 aromatic rings. The van der Waals surface area contributed by atoms with Crippen LogP contribution in [-0.2, 0) is 9.53 Å². The highest BCUT2D eigenvalue weighted by molar-refractivity contribution is 5.83. The third-order valence-electron chi connectivity index (χ3n) is 4.52. The van der Waals surface area contributed by atoms with Gasteiger partial charge in [-0.3, -0.25) is 4.79 Å². The predicted molar refractivity (Wildman–Crippen MR) is 87.8 cm³/mol. The number of nitrogens with zero attached hydrogens (tertiary/aromatic N) is 2. The average molecular weight is 330 g/mol. The average Bonchev–Trinajstić information content (AvgIpc) is 3.13. The lowest BCUT2D eigenvalue weighted by atomic mass is 9.79. The van der Waals surface area contributed by atoms with Gasteiger partial charge in [-0.25, -0.2) is 0 Å². The second kappa shape index (κ2) is 7.11. The van der Waals surface area contributed by atoms with Crippen molar-refractivity contribution in [2.45, 2.75) is 25.8 Å². The van der Waals surface area contributed by atoms with Gasteiger partial charge < -0.3 is 20.3 Å². The summed E-state index contributed by atoms with van der Waals surface area (Å²) in [6.07, 6.45) is 1.26. The Morgan fingerprint density at radius 1 is 1.33 bits per heavy atom. The Kier molecular flexibility index (Phi) is 4.92. The monoisotopic (exact) mass is 330 g/mol. The van der Waals surface area contributed by atoms with Gasteiger partial charge in [-0.1, -0.05) is 23.4 Å². The Hall–Kier alpha value is -2.25. The first kappa shape index (κ1) is 16.6. The molecular weight excluding hydrogens is 308 g/mol. The Balaban J connectivity index is 1.70. The third kappa shape index (κ3) is 3.32. The number of hydrogen-bond donors (Lipinski definition) is 2. The van der Waals surface area contributed by atoms with Crippen LogP contribution in [0.25, 0.3) is 11.5 Å². The number of carbonyl (C=O) groups excluding carboxylic acids is 1. The largest absolute Gasteiger partial charge is 0.381 e. The van der Waals surface area contributed by atoms with Crippen molar-refractivity contribution in [3.05, 3.63) is 36.2 Å².